The second-order valence-electron chi connectivity index (χ2n) is 5.07. The summed E-state index contributed by atoms with van der Waals surface area (Å²) in [6, 6.07) is 15.2. The molecule has 2 aromatic rings. The smallest absolute Gasteiger partial charge is 0.337 e. The highest BCUT2D eigenvalue weighted by molar-refractivity contribution is 5.92. The average molecular weight is 311 g/mol. The largest absolute Gasteiger partial charge is 0.465 e. The van der Waals surface area contributed by atoms with Crippen LogP contribution in [0.15, 0.2) is 53.5 Å². The molecule has 2 rings (SSSR count). The first kappa shape index (κ1) is 16.5. The van der Waals surface area contributed by atoms with Crippen LogP contribution in [0, 0.1) is 0 Å². The molecule has 0 saturated carbocycles. The Kier molecular flexibility index (Phi) is 5.74. The summed E-state index contributed by atoms with van der Waals surface area (Å²) in [6.45, 7) is 2.49. The molecule has 0 heterocycles. The fourth-order valence-electron chi connectivity index (χ4n) is 2.15. The zero-order valence-electron chi connectivity index (χ0n) is 13.4. The SMILES string of the molecule is CCc1cccc(NC(N)=NCc2cccc(C(=O)OC)c2)c1. The molecule has 0 bridgehead atoms. The Morgan fingerprint density at radius 2 is 1.91 bits per heavy atom. The first-order chi connectivity index (χ1) is 11.1. The maximum Gasteiger partial charge on any atom is 0.337 e. The monoisotopic (exact) mass is 311 g/mol. The summed E-state index contributed by atoms with van der Waals surface area (Å²) in [6.07, 6.45) is 0.965. The van der Waals surface area contributed by atoms with Crippen molar-refractivity contribution in [2.45, 2.75) is 19.9 Å². The van der Waals surface area contributed by atoms with Gasteiger partial charge in [-0.1, -0.05) is 31.2 Å². The molecule has 0 aliphatic rings. The van der Waals surface area contributed by atoms with E-state index in [0.717, 1.165) is 17.7 Å². The highest BCUT2D eigenvalue weighted by atomic mass is 16.5. The molecule has 0 aliphatic carbocycles. The summed E-state index contributed by atoms with van der Waals surface area (Å²) in [4.78, 5) is 15.8. The number of anilines is 1. The summed E-state index contributed by atoms with van der Waals surface area (Å²) in [5, 5.41) is 3.07. The van der Waals surface area contributed by atoms with E-state index in [1.807, 2.05) is 24.3 Å². The van der Waals surface area contributed by atoms with E-state index in [9.17, 15) is 4.79 Å². The van der Waals surface area contributed by atoms with E-state index in [2.05, 4.69) is 23.3 Å². The van der Waals surface area contributed by atoms with Gasteiger partial charge >= 0.3 is 5.97 Å². The lowest BCUT2D eigenvalue weighted by Gasteiger charge is -2.07. The number of esters is 1. The second kappa shape index (κ2) is 7.98. The normalized spacial score (nSPS) is 11.1. The molecule has 0 saturated heterocycles. The van der Waals surface area contributed by atoms with Crippen LogP contribution in [0.25, 0.3) is 0 Å². The average Bonchev–Trinajstić information content (AvgIpc) is 2.59. The number of nitrogens with zero attached hydrogens (tertiary/aromatic N) is 1. The third kappa shape index (κ3) is 4.85. The van der Waals surface area contributed by atoms with E-state index < -0.39 is 0 Å². The van der Waals surface area contributed by atoms with Gasteiger partial charge in [-0.3, -0.25) is 0 Å². The zero-order chi connectivity index (χ0) is 16.7. The molecule has 0 aliphatic heterocycles. The molecule has 0 fully saturated rings. The van der Waals surface area contributed by atoms with Crippen LogP contribution in [0.5, 0.6) is 0 Å². The first-order valence-corrected chi connectivity index (χ1v) is 7.45. The van der Waals surface area contributed by atoms with Gasteiger partial charge in [0.2, 0.25) is 0 Å². The topological polar surface area (TPSA) is 76.7 Å². The van der Waals surface area contributed by atoms with Gasteiger partial charge in [0.1, 0.15) is 0 Å². The van der Waals surface area contributed by atoms with Crippen LogP contribution in [0.1, 0.15) is 28.4 Å². The number of hydrogen-bond donors (Lipinski definition) is 2. The van der Waals surface area contributed by atoms with Crippen molar-refractivity contribution in [2.24, 2.45) is 10.7 Å². The number of benzene rings is 2. The molecule has 0 unspecified atom stereocenters. The molecule has 0 radical (unpaired) electrons. The Morgan fingerprint density at radius 1 is 1.17 bits per heavy atom. The molecule has 5 nitrogen and oxygen atoms in total. The number of aliphatic imine (C=N–C) groups is 1. The number of nitrogens with two attached hydrogens (primary N) is 1. The number of nitrogens with one attached hydrogen (secondary N) is 1. The molecular formula is C18H21N3O2. The van der Waals surface area contributed by atoms with E-state index in [-0.39, 0.29) is 5.97 Å². The fraction of sp³-hybridized carbons (Fsp3) is 0.222. The third-order valence-corrected chi connectivity index (χ3v) is 3.39. The molecule has 0 amide bonds. The molecule has 5 heteroatoms. The van der Waals surface area contributed by atoms with Crippen molar-refractivity contribution in [2.75, 3.05) is 12.4 Å². The van der Waals surface area contributed by atoms with Crippen molar-refractivity contribution in [1.29, 1.82) is 0 Å². The van der Waals surface area contributed by atoms with Crippen molar-refractivity contribution in [3.63, 3.8) is 0 Å². The van der Waals surface area contributed by atoms with Crippen LogP contribution in [0.2, 0.25) is 0 Å². The summed E-state index contributed by atoms with van der Waals surface area (Å²) in [5.41, 5.74) is 9.45. The predicted octanol–water partition coefficient (Wildman–Crippen LogP) is 2.96. The van der Waals surface area contributed by atoms with Crippen LogP contribution < -0.4 is 11.1 Å². The zero-order valence-corrected chi connectivity index (χ0v) is 13.4. The molecule has 3 N–H and O–H groups in total. The minimum atomic E-state index is -0.363. The Balaban J connectivity index is 2.03. The molecule has 23 heavy (non-hydrogen) atoms. The number of rotatable bonds is 5. The van der Waals surface area contributed by atoms with Crippen LogP contribution in [-0.2, 0) is 17.7 Å². The van der Waals surface area contributed by atoms with Crippen molar-refractivity contribution >= 4 is 17.6 Å². The van der Waals surface area contributed by atoms with Gasteiger partial charge in [0.05, 0.1) is 19.2 Å². The lowest BCUT2D eigenvalue weighted by molar-refractivity contribution is 0.0600. The molecule has 120 valence electrons. The van der Waals surface area contributed by atoms with E-state index in [1.54, 1.807) is 18.2 Å². The Hall–Kier alpha value is -2.82. The summed E-state index contributed by atoms with van der Waals surface area (Å²) in [7, 11) is 1.36. The molecular weight excluding hydrogens is 290 g/mol. The molecule has 0 spiro atoms. The Morgan fingerprint density at radius 3 is 2.65 bits per heavy atom. The lowest BCUT2D eigenvalue weighted by atomic mass is 10.1. The minimum Gasteiger partial charge on any atom is -0.465 e. The number of carbonyl (C=O) groups is 1. The maximum atomic E-state index is 11.5. The molecule has 0 atom stereocenters. The maximum absolute atomic E-state index is 11.5. The summed E-state index contributed by atoms with van der Waals surface area (Å²) < 4.78 is 4.71. The van der Waals surface area contributed by atoms with Crippen molar-refractivity contribution in [3.05, 3.63) is 65.2 Å². The van der Waals surface area contributed by atoms with Crippen LogP contribution in [-0.4, -0.2) is 19.0 Å². The van der Waals surface area contributed by atoms with Crippen molar-refractivity contribution in [3.8, 4) is 0 Å². The number of carbonyl (C=O) groups excluding carboxylic acids is 1. The summed E-state index contributed by atoms with van der Waals surface area (Å²) in [5.74, 6) is -0.0277. The fourth-order valence-corrected chi connectivity index (χ4v) is 2.15. The van der Waals surface area contributed by atoms with Gasteiger partial charge < -0.3 is 15.8 Å². The molecule has 2 aromatic carbocycles. The Labute approximate surface area is 136 Å². The van der Waals surface area contributed by atoms with Gasteiger partial charge in [0.25, 0.3) is 0 Å². The lowest BCUT2D eigenvalue weighted by Crippen LogP contribution is -2.22. The minimum absolute atomic E-state index is 0.335. The van der Waals surface area contributed by atoms with Gasteiger partial charge in [-0.2, -0.15) is 0 Å². The van der Waals surface area contributed by atoms with Gasteiger partial charge in [0, 0.05) is 5.69 Å². The van der Waals surface area contributed by atoms with Gasteiger partial charge in [0.15, 0.2) is 5.96 Å². The van der Waals surface area contributed by atoms with E-state index in [1.165, 1.54) is 12.7 Å². The van der Waals surface area contributed by atoms with E-state index in [4.69, 9.17) is 10.5 Å². The highest BCUT2D eigenvalue weighted by Gasteiger charge is 2.05. The van der Waals surface area contributed by atoms with E-state index in [0.29, 0.717) is 18.1 Å². The second-order valence-corrected chi connectivity index (χ2v) is 5.07. The van der Waals surface area contributed by atoms with Gasteiger partial charge in [-0.25, -0.2) is 9.79 Å². The quantitative estimate of drug-likeness (QED) is 0.505. The number of methoxy groups -OCH3 is 1. The Bertz CT molecular complexity index is 711. The molecule has 0 aromatic heterocycles. The number of aryl methyl sites for hydroxylation is 1. The number of guanidine groups is 1. The number of hydrogen-bond acceptors (Lipinski definition) is 3. The van der Waals surface area contributed by atoms with Crippen LogP contribution >= 0.6 is 0 Å². The van der Waals surface area contributed by atoms with E-state index >= 15 is 0 Å². The van der Waals surface area contributed by atoms with Gasteiger partial charge in [-0.05, 0) is 41.8 Å². The predicted molar refractivity (Wildman–Crippen MR) is 92.6 cm³/mol. The highest BCUT2D eigenvalue weighted by Crippen LogP contribution is 2.11. The standard InChI is InChI=1S/C18H21N3O2/c1-3-13-6-5-9-16(11-13)21-18(19)20-12-14-7-4-8-15(10-14)17(22)23-2/h4-11H,3,12H2,1-2H3,(H3,19,20,21). The number of ether oxygens (including phenoxy) is 1. The summed E-state index contributed by atoms with van der Waals surface area (Å²) >= 11 is 0. The third-order valence-electron chi connectivity index (χ3n) is 3.39. The van der Waals surface area contributed by atoms with Gasteiger partial charge in [-0.15, -0.1) is 0 Å². The van der Waals surface area contributed by atoms with Crippen LogP contribution in [0.4, 0.5) is 5.69 Å². The van der Waals surface area contributed by atoms with Crippen molar-refractivity contribution in [1.82, 2.24) is 0 Å². The first-order valence-electron chi connectivity index (χ1n) is 7.45. The van der Waals surface area contributed by atoms with Crippen LogP contribution in [0.3, 0.4) is 0 Å². The van der Waals surface area contributed by atoms with Crippen molar-refractivity contribution < 1.29 is 9.53 Å².